The third kappa shape index (κ3) is 3.04. The Morgan fingerprint density at radius 1 is 1.50 bits per heavy atom. The third-order valence-corrected chi connectivity index (χ3v) is 3.90. The molecule has 0 fully saturated rings. The molecule has 6 heteroatoms. The Labute approximate surface area is 130 Å². The van der Waals surface area contributed by atoms with Gasteiger partial charge in [-0.3, -0.25) is 9.48 Å². The van der Waals surface area contributed by atoms with Crippen molar-refractivity contribution >= 4 is 33.8 Å². The number of carbonyl (C=O) groups excluding carboxylic acids is 1. The number of hydrogen-bond donors (Lipinski definition) is 0. The van der Waals surface area contributed by atoms with Crippen LogP contribution < -0.4 is 4.74 Å². The van der Waals surface area contributed by atoms with E-state index in [-0.39, 0.29) is 6.61 Å². The second-order valence-corrected chi connectivity index (χ2v) is 5.57. The van der Waals surface area contributed by atoms with Gasteiger partial charge in [0.15, 0.2) is 6.29 Å². The Bertz CT molecular complexity index is 640. The minimum Gasteiger partial charge on any atom is -0.487 e. The zero-order valence-electron chi connectivity index (χ0n) is 11.2. The molecule has 0 unspecified atom stereocenters. The Morgan fingerprint density at radius 2 is 2.25 bits per heavy atom. The molecule has 2 rings (SSSR count). The van der Waals surface area contributed by atoms with Gasteiger partial charge >= 0.3 is 0 Å². The van der Waals surface area contributed by atoms with Crippen molar-refractivity contribution in [1.82, 2.24) is 9.78 Å². The monoisotopic (exact) mass is 356 g/mol. The fraction of sp³-hybridized carbons (Fsp3) is 0.286. The van der Waals surface area contributed by atoms with Crippen molar-refractivity contribution < 1.29 is 9.53 Å². The minimum atomic E-state index is 0.269. The van der Waals surface area contributed by atoms with Gasteiger partial charge in [-0.25, -0.2) is 0 Å². The van der Waals surface area contributed by atoms with Crippen molar-refractivity contribution in [3.63, 3.8) is 0 Å². The summed E-state index contributed by atoms with van der Waals surface area (Å²) in [5.41, 5.74) is 2.14. The van der Waals surface area contributed by atoms with Crippen molar-refractivity contribution in [3.05, 3.63) is 44.6 Å². The van der Waals surface area contributed by atoms with E-state index < -0.39 is 0 Å². The van der Waals surface area contributed by atoms with Gasteiger partial charge in [-0.05, 0) is 24.6 Å². The molecule has 0 amide bonds. The lowest BCUT2D eigenvalue weighted by atomic mass is 10.2. The van der Waals surface area contributed by atoms with Gasteiger partial charge in [-0.1, -0.05) is 34.5 Å². The second kappa shape index (κ2) is 6.41. The molecule has 106 valence electrons. The second-order valence-electron chi connectivity index (χ2n) is 4.27. The minimum absolute atomic E-state index is 0.269. The summed E-state index contributed by atoms with van der Waals surface area (Å²) in [5, 5.41) is 4.95. The highest BCUT2D eigenvalue weighted by Gasteiger charge is 2.14. The lowest BCUT2D eigenvalue weighted by Gasteiger charge is -2.09. The number of rotatable bonds is 5. The summed E-state index contributed by atoms with van der Waals surface area (Å²) in [6.07, 6.45) is 1.53. The van der Waals surface area contributed by atoms with Gasteiger partial charge in [-0.15, -0.1) is 0 Å². The summed E-state index contributed by atoms with van der Waals surface area (Å²) in [7, 11) is 1.83. The number of nitrogens with zero attached hydrogens (tertiary/aromatic N) is 2. The SMILES string of the molecule is CCc1nn(C)c(COc2ccc(Br)cc2C=O)c1Cl. The summed E-state index contributed by atoms with van der Waals surface area (Å²) in [5.74, 6) is 0.526. The topological polar surface area (TPSA) is 44.1 Å². The largest absolute Gasteiger partial charge is 0.487 e. The molecule has 0 aliphatic heterocycles. The molecule has 0 atom stereocenters. The van der Waals surface area contributed by atoms with Crippen LogP contribution in [0.5, 0.6) is 5.75 Å². The Kier molecular flexibility index (Phi) is 4.83. The fourth-order valence-electron chi connectivity index (χ4n) is 1.87. The van der Waals surface area contributed by atoms with E-state index in [9.17, 15) is 4.79 Å². The van der Waals surface area contributed by atoms with E-state index in [2.05, 4.69) is 21.0 Å². The number of aromatic nitrogens is 2. The predicted molar refractivity (Wildman–Crippen MR) is 81.5 cm³/mol. The Balaban J connectivity index is 2.21. The summed E-state index contributed by atoms with van der Waals surface area (Å²) in [4.78, 5) is 11.0. The number of hydrogen-bond acceptors (Lipinski definition) is 3. The smallest absolute Gasteiger partial charge is 0.153 e. The zero-order valence-corrected chi connectivity index (χ0v) is 13.5. The Hall–Kier alpha value is -1.33. The molecule has 1 aromatic heterocycles. The molecule has 0 bridgehead atoms. The molecule has 0 N–H and O–H groups in total. The molecule has 0 radical (unpaired) electrons. The third-order valence-electron chi connectivity index (χ3n) is 2.97. The number of aldehydes is 1. The molecule has 2 aromatic rings. The van der Waals surface area contributed by atoms with Gasteiger partial charge in [0.2, 0.25) is 0 Å². The average molecular weight is 358 g/mol. The van der Waals surface area contributed by atoms with E-state index in [1.165, 1.54) is 0 Å². The molecule has 0 saturated carbocycles. The molecule has 0 aliphatic rings. The van der Waals surface area contributed by atoms with Crippen molar-refractivity contribution in [2.75, 3.05) is 0 Å². The Morgan fingerprint density at radius 3 is 2.85 bits per heavy atom. The maximum atomic E-state index is 11.0. The van der Waals surface area contributed by atoms with Crippen LogP contribution in [0.2, 0.25) is 5.02 Å². The number of benzene rings is 1. The van der Waals surface area contributed by atoms with E-state index in [1.54, 1.807) is 16.8 Å². The normalized spacial score (nSPS) is 10.6. The molecule has 0 saturated heterocycles. The quantitative estimate of drug-likeness (QED) is 0.765. The van der Waals surface area contributed by atoms with Crippen molar-refractivity contribution in [1.29, 1.82) is 0 Å². The van der Waals surface area contributed by atoms with Crippen molar-refractivity contribution in [2.45, 2.75) is 20.0 Å². The maximum absolute atomic E-state index is 11.0. The first-order valence-electron chi connectivity index (χ1n) is 6.14. The number of ether oxygens (including phenoxy) is 1. The lowest BCUT2D eigenvalue weighted by Crippen LogP contribution is -2.04. The highest BCUT2D eigenvalue weighted by atomic mass is 79.9. The molecule has 0 aliphatic carbocycles. The maximum Gasteiger partial charge on any atom is 0.153 e. The van der Waals surface area contributed by atoms with E-state index in [0.717, 1.165) is 28.6 Å². The van der Waals surface area contributed by atoms with Crippen LogP contribution in [-0.4, -0.2) is 16.1 Å². The van der Waals surface area contributed by atoms with Gasteiger partial charge in [0.05, 0.1) is 22.0 Å². The molecule has 0 spiro atoms. The van der Waals surface area contributed by atoms with Gasteiger partial charge in [0, 0.05) is 11.5 Å². The average Bonchev–Trinajstić information content (AvgIpc) is 2.72. The van der Waals surface area contributed by atoms with Crippen LogP contribution in [0.15, 0.2) is 22.7 Å². The van der Waals surface area contributed by atoms with E-state index in [1.807, 2.05) is 20.0 Å². The summed E-state index contributed by atoms with van der Waals surface area (Å²) >= 11 is 9.57. The lowest BCUT2D eigenvalue weighted by molar-refractivity contribution is 0.111. The summed E-state index contributed by atoms with van der Waals surface area (Å²) < 4.78 is 8.23. The first-order valence-corrected chi connectivity index (χ1v) is 7.31. The first kappa shape index (κ1) is 15.1. The van der Waals surface area contributed by atoms with Crippen LogP contribution >= 0.6 is 27.5 Å². The number of halogens is 2. The van der Waals surface area contributed by atoms with Gasteiger partial charge in [0.25, 0.3) is 0 Å². The zero-order chi connectivity index (χ0) is 14.7. The van der Waals surface area contributed by atoms with Crippen molar-refractivity contribution in [3.8, 4) is 5.75 Å². The molecule has 20 heavy (non-hydrogen) atoms. The number of carbonyl (C=O) groups is 1. The van der Waals surface area contributed by atoms with Crippen molar-refractivity contribution in [2.24, 2.45) is 7.05 Å². The van der Waals surface area contributed by atoms with Crippen LogP contribution in [0.3, 0.4) is 0 Å². The molecule has 1 aromatic carbocycles. The van der Waals surface area contributed by atoms with E-state index in [4.69, 9.17) is 16.3 Å². The van der Waals surface area contributed by atoms with Gasteiger partial charge in [-0.2, -0.15) is 5.10 Å². The molecular weight excluding hydrogens is 344 g/mol. The van der Waals surface area contributed by atoms with Crippen LogP contribution in [0.1, 0.15) is 28.7 Å². The molecule has 4 nitrogen and oxygen atoms in total. The van der Waals surface area contributed by atoms with Crippen LogP contribution in [0.25, 0.3) is 0 Å². The standard InChI is InChI=1S/C14H14BrClN2O2/c1-3-11-14(16)12(18(2)17-11)8-20-13-5-4-10(15)6-9(13)7-19/h4-7H,3,8H2,1-2H3. The van der Waals surface area contributed by atoms with Gasteiger partial charge in [0.1, 0.15) is 12.4 Å². The number of aryl methyl sites for hydroxylation is 2. The predicted octanol–water partition coefficient (Wildman–Crippen LogP) is 3.79. The first-order chi connectivity index (χ1) is 9.56. The van der Waals surface area contributed by atoms with Crippen LogP contribution in [0.4, 0.5) is 0 Å². The van der Waals surface area contributed by atoms with Crippen LogP contribution in [0, 0.1) is 0 Å². The summed E-state index contributed by atoms with van der Waals surface area (Å²) in [6, 6.07) is 5.29. The van der Waals surface area contributed by atoms with E-state index >= 15 is 0 Å². The van der Waals surface area contributed by atoms with Crippen LogP contribution in [-0.2, 0) is 20.1 Å². The van der Waals surface area contributed by atoms with E-state index in [0.29, 0.717) is 16.3 Å². The summed E-state index contributed by atoms with van der Waals surface area (Å²) in [6.45, 7) is 2.27. The highest BCUT2D eigenvalue weighted by molar-refractivity contribution is 9.10. The highest BCUT2D eigenvalue weighted by Crippen LogP contribution is 2.25. The van der Waals surface area contributed by atoms with Gasteiger partial charge < -0.3 is 4.74 Å². The fourth-order valence-corrected chi connectivity index (χ4v) is 2.59. The molecular formula is C14H14BrClN2O2. The molecule has 1 heterocycles.